The van der Waals surface area contributed by atoms with Crippen LogP contribution in [0.25, 0.3) is 0 Å². The van der Waals surface area contributed by atoms with E-state index in [1.807, 2.05) is 13.8 Å². The minimum Gasteiger partial charge on any atom is -0.373 e. The van der Waals surface area contributed by atoms with E-state index in [4.69, 9.17) is 0 Å². The summed E-state index contributed by atoms with van der Waals surface area (Å²) in [5, 5.41) is 7.23. The topological polar surface area (TPSA) is 73.5 Å². The van der Waals surface area contributed by atoms with Crippen molar-refractivity contribution in [1.29, 1.82) is 0 Å². The van der Waals surface area contributed by atoms with Gasteiger partial charge in [0.25, 0.3) is 0 Å². The van der Waals surface area contributed by atoms with Crippen LogP contribution in [-0.2, 0) is 4.79 Å². The molecule has 1 aromatic carbocycles. The van der Waals surface area contributed by atoms with Gasteiger partial charge in [0.15, 0.2) is 11.6 Å². The molecule has 0 atom stereocenters. The number of carbonyl (C=O) groups excluding carboxylic acids is 2. The molecule has 0 aliphatic heterocycles. The second-order valence-electron chi connectivity index (χ2n) is 5.69. The van der Waals surface area contributed by atoms with Gasteiger partial charge in [-0.2, -0.15) is 0 Å². The highest BCUT2D eigenvalue weighted by Crippen LogP contribution is 2.25. The van der Waals surface area contributed by atoms with Crippen LogP contribution in [0.2, 0.25) is 0 Å². The average molecular weight is 328 g/mol. The number of urea groups is 1. The fourth-order valence-corrected chi connectivity index (χ4v) is 1.78. The SMILES string of the molecule is CC(C)CNC(=O)CNC(=O)Nc1cc(F)c(N(C)C)c(F)c1. The quantitative estimate of drug-likeness (QED) is 0.747. The van der Waals surface area contributed by atoms with Gasteiger partial charge in [-0.15, -0.1) is 0 Å². The van der Waals surface area contributed by atoms with Crippen LogP contribution < -0.4 is 20.9 Å². The number of nitrogens with zero attached hydrogens (tertiary/aromatic N) is 1. The van der Waals surface area contributed by atoms with Crippen molar-refractivity contribution < 1.29 is 18.4 Å². The molecule has 0 aliphatic carbocycles. The molecule has 1 rings (SSSR count). The predicted octanol–water partition coefficient (Wildman–Crippen LogP) is 1.92. The van der Waals surface area contributed by atoms with Crippen molar-refractivity contribution in [2.45, 2.75) is 13.8 Å². The van der Waals surface area contributed by atoms with Crippen molar-refractivity contribution in [3.63, 3.8) is 0 Å². The van der Waals surface area contributed by atoms with Crippen molar-refractivity contribution in [3.8, 4) is 0 Å². The molecular formula is C15H22F2N4O2. The normalized spacial score (nSPS) is 10.4. The van der Waals surface area contributed by atoms with E-state index < -0.39 is 17.7 Å². The van der Waals surface area contributed by atoms with Crippen molar-refractivity contribution in [3.05, 3.63) is 23.8 Å². The van der Waals surface area contributed by atoms with Gasteiger partial charge in [-0.05, 0) is 18.1 Å². The van der Waals surface area contributed by atoms with E-state index in [1.165, 1.54) is 19.0 Å². The summed E-state index contributed by atoms with van der Waals surface area (Å²) < 4.78 is 27.6. The number of anilines is 2. The third kappa shape index (κ3) is 6.09. The first kappa shape index (κ1) is 18.7. The number of carbonyl (C=O) groups is 2. The number of hydrogen-bond donors (Lipinski definition) is 3. The zero-order valence-electron chi connectivity index (χ0n) is 13.7. The highest BCUT2D eigenvalue weighted by Gasteiger charge is 2.14. The fraction of sp³-hybridized carbons (Fsp3) is 0.467. The lowest BCUT2D eigenvalue weighted by Crippen LogP contribution is -2.40. The zero-order chi connectivity index (χ0) is 17.6. The van der Waals surface area contributed by atoms with Crippen molar-refractivity contribution in [1.82, 2.24) is 10.6 Å². The number of hydrogen-bond acceptors (Lipinski definition) is 3. The number of amides is 3. The van der Waals surface area contributed by atoms with Crippen LogP contribution in [0.4, 0.5) is 25.0 Å². The molecule has 6 nitrogen and oxygen atoms in total. The van der Waals surface area contributed by atoms with Gasteiger partial charge in [0, 0.05) is 26.3 Å². The Balaban J connectivity index is 2.56. The van der Waals surface area contributed by atoms with Crippen molar-refractivity contribution >= 4 is 23.3 Å². The lowest BCUT2D eigenvalue weighted by Gasteiger charge is -2.16. The minimum atomic E-state index is -0.792. The van der Waals surface area contributed by atoms with Gasteiger partial charge in [0.2, 0.25) is 5.91 Å². The van der Waals surface area contributed by atoms with Crippen LogP contribution in [0.3, 0.4) is 0 Å². The highest BCUT2D eigenvalue weighted by atomic mass is 19.1. The molecule has 0 aliphatic rings. The van der Waals surface area contributed by atoms with Gasteiger partial charge in [0.05, 0.1) is 6.54 Å². The maximum atomic E-state index is 13.8. The lowest BCUT2D eigenvalue weighted by atomic mass is 10.2. The second-order valence-corrected chi connectivity index (χ2v) is 5.69. The number of benzene rings is 1. The van der Waals surface area contributed by atoms with Gasteiger partial charge >= 0.3 is 6.03 Å². The molecule has 0 fully saturated rings. The largest absolute Gasteiger partial charge is 0.373 e. The molecule has 0 radical (unpaired) electrons. The molecule has 0 unspecified atom stereocenters. The molecule has 3 amide bonds. The first-order valence-corrected chi connectivity index (χ1v) is 7.18. The zero-order valence-corrected chi connectivity index (χ0v) is 13.7. The van der Waals surface area contributed by atoms with Crippen LogP contribution in [0, 0.1) is 17.6 Å². The standard InChI is InChI=1S/C15H22F2N4O2/c1-9(2)7-18-13(22)8-19-15(23)20-10-5-11(16)14(21(3)4)12(17)6-10/h5-6,9H,7-8H2,1-4H3,(H,18,22)(H2,19,20,23). The summed E-state index contributed by atoms with van der Waals surface area (Å²) >= 11 is 0. The minimum absolute atomic E-state index is 0.0364. The number of nitrogens with one attached hydrogen (secondary N) is 3. The Morgan fingerprint density at radius 1 is 1.13 bits per heavy atom. The molecule has 0 bridgehead atoms. The molecular weight excluding hydrogens is 306 g/mol. The summed E-state index contributed by atoms with van der Waals surface area (Å²) in [4.78, 5) is 24.4. The third-order valence-electron chi connectivity index (χ3n) is 2.84. The van der Waals surface area contributed by atoms with E-state index in [-0.39, 0.29) is 23.8 Å². The van der Waals surface area contributed by atoms with Crippen LogP contribution in [0.15, 0.2) is 12.1 Å². The van der Waals surface area contributed by atoms with Gasteiger partial charge < -0.3 is 20.9 Å². The molecule has 0 saturated heterocycles. The Morgan fingerprint density at radius 3 is 2.17 bits per heavy atom. The summed E-state index contributed by atoms with van der Waals surface area (Å²) in [5.74, 6) is -1.62. The molecule has 0 heterocycles. The van der Waals surface area contributed by atoms with E-state index >= 15 is 0 Å². The van der Waals surface area contributed by atoms with E-state index in [1.54, 1.807) is 0 Å². The molecule has 0 aromatic heterocycles. The van der Waals surface area contributed by atoms with E-state index in [9.17, 15) is 18.4 Å². The van der Waals surface area contributed by atoms with Crippen molar-refractivity contribution in [2.75, 3.05) is 37.4 Å². The van der Waals surface area contributed by atoms with Gasteiger partial charge in [-0.3, -0.25) is 4.79 Å². The molecule has 0 spiro atoms. The predicted molar refractivity (Wildman–Crippen MR) is 85.6 cm³/mol. The number of rotatable bonds is 6. The molecule has 3 N–H and O–H groups in total. The first-order chi connectivity index (χ1) is 10.7. The molecule has 23 heavy (non-hydrogen) atoms. The summed E-state index contributed by atoms with van der Waals surface area (Å²) in [7, 11) is 3.02. The lowest BCUT2D eigenvalue weighted by molar-refractivity contribution is -0.120. The Bertz CT molecular complexity index is 554. The Hall–Kier alpha value is -2.38. The summed E-state index contributed by atoms with van der Waals surface area (Å²) in [5.41, 5.74) is -0.227. The Labute approximate surface area is 134 Å². The van der Waals surface area contributed by atoms with Crippen LogP contribution in [0.1, 0.15) is 13.8 Å². The van der Waals surface area contributed by atoms with Crippen molar-refractivity contribution in [2.24, 2.45) is 5.92 Å². The van der Waals surface area contributed by atoms with Gasteiger partial charge in [-0.1, -0.05) is 13.8 Å². The van der Waals surface area contributed by atoms with Crippen LogP contribution >= 0.6 is 0 Å². The molecule has 1 aromatic rings. The van der Waals surface area contributed by atoms with E-state index in [0.717, 1.165) is 12.1 Å². The smallest absolute Gasteiger partial charge is 0.319 e. The first-order valence-electron chi connectivity index (χ1n) is 7.18. The Kier molecular flexibility index (Phi) is 6.74. The maximum Gasteiger partial charge on any atom is 0.319 e. The average Bonchev–Trinajstić information content (AvgIpc) is 2.41. The molecule has 128 valence electrons. The van der Waals surface area contributed by atoms with Crippen LogP contribution in [-0.4, -0.2) is 39.1 Å². The Morgan fingerprint density at radius 2 is 1.70 bits per heavy atom. The summed E-state index contributed by atoms with van der Waals surface area (Å²) in [6.45, 7) is 4.17. The second kappa shape index (κ2) is 8.30. The third-order valence-corrected chi connectivity index (χ3v) is 2.84. The monoisotopic (exact) mass is 328 g/mol. The highest BCUT2D eigenvalue weighted by molar-refractivity contribution is 5.92. The summed E-state index contributed by atoms with van der Waals surface area (Å²) in [6.07, 6.45) is 0. The molecule has 8 heteroatoms. The number of halogens is 2. The fourth-order valence-electron chi connectivity index (χ4n) is 1.78. The maximum absolute atomic E-state index is 13.8. The van der Waals surface area contributed by atoms with Gasteiger partial charge in [-0.25, -0.2) is 13.6 Å². The summed E-state index contributed by atoms with van der Waals surface area (Å²) in [6, 6.07) is 1.30. The van der Waals surface area contributed by atoms with E-state index in [2.05, 4.69) is 16.0 Å². The molecule has 0 saturated carbocycles. The van der Waals surface area contributed by atoms with Gasteiger partial charge in [0.1, 0.15) is 5.69 Å². The van der Waals surface area contributed by atoms with Crippen LogP contribution in [0.5, 0.6) is 0 Å². The van der Waals surface area contributed by atoms with E-state index in [0.29, 0.717) is 12.5 Å².